The molecule has 1 atom stereocenters. The number of benzene rings is 1. The van der Waals surface area contributed by atoms with E-state index in [1.165, 1.54) is 17.3 Å². The standard InChI is InChI=1S/C22H23ClF2N6O/c1-15-5-3-6-17(19(15)20-29-8-4-9-30-20)21(32)31-10-7-22(24,25)18(31)13-28-14-27-12-16(23)11-26-2/h3-6,8-9,11-12,18,28H,2,7,10,13-14H2,1H3/b16-11+,27-12-. The maximum atomic E-state index is 14.6. The minimum absolute atomic E-state index is 0.0515. The van der Waals surface area contributed by atoms with Crippen molar-refractivity contribution in [3.05, 3.63) is 59.0 Å². The molecule has 1 saturated heterocycles. The van der Waals surface area contributed by atoms with Crippen LogP contribution in [0.1, 0.15) is 22.3 Å². The number of carbonyl (C=O) groups is 1. The maximum absolute atomic E-state index is 14.6. The van der Waals surface area contributed by atoms with Gasteiger partial charge in [-0.1, -0.05) is 23.7 Å². The van der Waals surface area contributed by atoms with E-state index in [-0.39, 0.29) is 24.8 Å². The van der Waals surface area contributed by atoms with Crippen LogP contribution in [0.2, 0.25) is 0 Å². The molecule has 1 N–H and O–H groups in total. The number of allylic oxidation sites excluding steroid dienone is 1. The van der Waals surface area contributed by atoms with Gasteiger partial charge in [0.1, 0.15) is 6.04 Å². The van der Waals surface area contributed by atoms with Crippen LogP contribution < -0.4 is 5.32 Å². The summed E-state index contributed by atoms with van der Waals surface area (Å²) in [4.78, 5) is 30.6. The minimum atomic E-state index is -3.02. The second-order valence-corrected chi connectivity index (χ2v) is 7.65. The number of halogens is 3. The molecule has 1 unspecified atom stereocenters. The molecule has 2 aromatic rings. The first kappa shape index (κ1) is 23.6. The highest BCUT2D eigenvalue weighted by Crippen LogP contribution is 2.36. The lowest BCUT2D eigenvalue weighted by Crippen LogP contribution is -2.48. The van der Waals surface area contributed by atoms with Crippen LogP contribution in [-0.2, 0) is 0 Å². The Morgan fingerprint density at radius 3 is 2.84 bits per heavy atom. The monoisotopic (exact) mass is 460 g/mol. The normalized spacial score (nSPS) is 18.3. The molecule has 10 heteroatoms. The zero-order valence-corrected chi connectivity index (χ0v) is 18.3. The van der Waals surface area contributed by atoms with E-state index in [1.807, 2.05) is 13.0 Å². The van der Waals surface area contributed by atoms with Crippen LogP contribution in [0, 0.1) is 6.92 Å². The molecule has 32 heavy (non-hydrogen) atoms. The molecule has 1 fully saturated rings. The van der Waals surface area contributed by atoms with Crippen LogP contribution in [0.5, 0.6) is 0 Å². The third-order valence-corrected chi connectivity index (χ3v) is 5.27. The molecule has 0 bridgehead atoms. The summed E-state index contributed by atoms with van der Waals surface area (Å²) < 4.78 is 29.3. The molecule has 1 aromatic heterocycles. The molecule has 2 heterocycles. The van der Waals surface area contributed by atoms with Gasteiger partial charge < -0.3 is 4.90 Å². The van der Waals surface area contributed by atoms with Crippen molar-refractivity contribution in [1.82, 2.24) is 20.2 Å². The third-order valence-electron chi connectivity index (χ3n) is 5.07. The van der Waals surface area contributed by atoms with E-state index in [0.717, 1.165) is 5.56 Å². The fourth-order valence-electron chi connectivity index (χ4n) is 3.57. The highest BCUT2D eigenvalue weighted by Gasteiger charge is 2.50. The Labute approximate surface area is 190 Å². The van der Waals surface area contributed by atoms with Crippen molar-refractivity contribution in [2.24, 2.45) is 9.98 Å². The number of nitrogens with zero attached hydrogens (tertiary/aromatic N) is 5. The number of aliphatic imine (C=N–C) groups is 2. The molecule has 1 aromatic carbocycles. The number of aromatic nitrogens is 2. The van der Waals surface area contributed by atoms with Gasteiger partial charge in [-0.05, 0) is 31.3 Å². The molecule has 0 spiro atoms. The summed E-state index contributed by atoms with van der Waals surface area (Å²) in [5.74, 6) is -3.13. The summed E-state index contributed by atoms with van der Waals surface area (Å²) in [6.07, 6.45) is 5.40. The van der Waals surface area contributed by atoms with Crippen LogP contribution >= 0.6 is 11.6 Å². The van der Waals surface area contributed by atoms with Gasteiger partial charge in [-0.2, -0.15) is 0 Å². The number of nitrogens with one attached hydrogen (secondary N) is 1. The van der Waals surface area contributed by atoms with Crippen molar-refractivity contribution in [2.45, 2.75) is 25.3 Å². The van der Waals surface area contributed by atoms with E-state index >= 15 is 0 Å². The number of carbonyl (C=O) groups excluding carboxylic acids is 1. The van der Waals surface area contributed by atoms with Crippen LogP contribution in [0.4, 0.5) is 8.78 Å². The summed E-state index contributed by atoms with van der Waals surface area (Å²) in [5.41, 5.74) is 1.63. The smallest absolute Gasteiger partial charge is 0.271 e. The van der Waals surface area contributed by atoms with E-state index < -0.39 is 24.3 Å². The molecule has 1 aliphatic rings. The molecule has 3 rings (SSSR count). The van der Waals surface area contributed by atoms with Crippen LogP contribution in [-0.4, -0.2) is 65.4 Å². The Bertz CT molecular complexity index is 1030. The average Bonchev–Trinajstić information content (AvgIpc) is 3.07. The van der Waals surface area contributed by atoms with Gasteiger partial charge in [0.2, 0.25) is 0 Å². The zero-order chi connectivity index (χ0) is 23.1. The van der Waals surface area contributed by atoms with Gasteiger partial charge in [0, 0.05) is 49.9 Å². The van der Waals surface area contributed by atoms with E-state index in [9.17, 15) is 13.6 Å². The van der Waals surface area contributed by atoms with E-state index in [0.29, 0.717) is 17.0 Å². The molecular weight excluding hydrogens is 438 g/mol. The zero-order valence-electron chi connectivity index (χ0n) is 17.5. The van der Waals surface area contributed by atoms with Crippen molar-refractivity contribution < 1.29 is 13.6 Å². The number of likely N-dealkylation sites (tertiary alicyclic amines) is 1. The van der Waals surface area contributed by atoms with E-state index in [2.05, 4.69) is 32.0 Å². The van der Waals surface area contributed by atoms with Gasteiger partial charge in [-0.25, -0.2) is 18.7 Å². The van der Waals surface area contributed by atoms with Crippen molar-refractivity contribution in [1.29, 1.82) is 0 Å². The van der Waals surface area contributed by atoms with Crippen LogP contribution in [0.25, 0.3) is 11.4 Å². The number of rotatable bonds is 8. The second-order valence-electron chi connectivity index (χ2n) is 7.22. The summed E-state index contributed by atoms with van der Waals surface area (Å²) in [5, 5.41) is 3.11. The molecular formula is C22H23ClF2N6O. The summed E-state index contributed by atoms with van der Waals surface area (Å²) in [6.45, 7) is 4.99. The maximum Gasteiger partial charge on any atom is 0.271 e. The highest BCUT2D eigenvalue weighted by atomic mass is 35.5. The first-order valence-electron chi connectivity index (χ1n) is 9.93. The fourth-order valence-corrected chi connectivity index (χ4v) is 3.71. The summed E-state index contributed by atoms with van der Waals surface area (Å²) in [6, 6.07) is 5.54. The van der Waals surface area contributed by atoms with Gasteiger partial charge in [0.05, 0.1) is 17.3 Å². The first-order chi connectivity index (χ1) is 15.3. The SMILES string of the molecule is C=N/C=C(Cl)\C=N/CNCC1N(C(=O)c2cccc(C)c2-c2ncccn2)CCC1(F)F. The third kappa shape index (κ3) is 5.41. The summed E-state index contributed by atoms with van der Waals surface area (Å²) >= 11 is 5.81. The van der Waals surface area contributed by atoms with Gasteiger partial charge in [-0.15, -0.1) is 0 Å². The Morgan fingerprint density at radius 2 is 2.12 bits per heavy atom. The fraction of sp³-hybridized carbons (Fsp3) is 0.318. The van der Waals surface area contributed by atoms with Crippen molar-refractivity contribution in [2.75, 3.05) is 19.8 Å². The lowest BCUT2D eigenvalue weighted by Gasteiger charge is -2.28. The van der Waals surface area contributed by atoms with Crippen molar-refractivity contribution in [3.8, 4) is 11.4 Å². The lowest BCUT2D eigenvalue weighted by molar-refractivity contribution is -0.0286. The second kappa shape index (κ2) is 10.5. The van der Waals surface area contributed by atoms with Gasteiger partial charge >= 0.3 is 0 Å². The van der Waals surface area contributed by atoms with E-state index in [1.54, 1.807) is 30.6 Å². The molecule has 168 valence electrons. The molecule has 1 amide bonds. The predicted molar refractivity (Wildman–Crippen MR) is 121 cm³/mol. The van der Waals surface area contributed by atoms with Crippen LogP contribution in [0.15, 0.2) is 57.9 Å². The molecule has 1 aliphatic heterocycles. The topological polar surface area (TPSA) is 82.8 Å². The van der Waals surface area contributed by atoms with Gasteiger partial charge in [0.15, 0.2) is 5.82 Å². The number of hydrogen-bond donors (Lipinski definition) is 1. The van der Waals surface area contributed by atoms with Gasteiger partial charge in [0.25, 0.3) is 11.8 Å². The first-order valence-corrected chi connectivity index (χ1v) is 10.3. The van der Waals surface area contributed by atoms with Crippen LogP contribution in [0.3, 0.4) is 0 Å². The Kier molecular flexibility index (Phi) is 7.76. The average molecular weight is 461 g/mol. The quantitative estimate of drug-likeness (QED) is 0.481. The minimum Gasteiger partial charge on any atom is -0.328 e. The lowest BCUT2D eigenvalue weighted by atomic mass is 9.99. The summed E-state index contributed by atoms with van der Waals surface area (Å²) in [7, 11) is 0. The number of hydrogen-bond acceptors (Lipinski definition) is 6. The molecule has 0 radical (unpaired) electrons. The molecule has 7 nitrogen and oxygen atoms in total. The Morgan fingerprint density at radius 1 is 1.38 bits per heavy atom. The number of alkyl halides is 2. The number of aryl methyl sites for hydroxylation is 1. The molecule has 0 aliphatic carbocycles. The Balaban J connectivity index is 1.79. The van der Waals surface area contributed by atoms with Crippen molar-refractivity contribution >= 4 is 30.4 Å². The number of amides is 1. The Hall–Kier alpha value is -3.04. The largest absolute Gasteiger partial charge is 0.328 e. The predicted octanol–water partition coefficient (Wildman–Crippen LogP) is 3.70. The van der Waals surface area contributed by atoms with Gasteiger partial charge in [-0.3, -0.25) is 20.1 Å². The molecule has 0 saturated carbocycles. The van der Waals surface area contributed by atoms with E-state index in [4.69, 9.17) is 11.6 Å². The highest BCUT2D eigenvalue weighted by molar-refractivity contribution is 6.39. The van der Waals surface area contributed by atoms with Crippen molar-refractivity contribution in [3.63, 3.8) is 0 Å².